The van der Waals surface area contributed by atoms with E-state index in [4.69, 9.17) is 9.52 Å². The van der Waals surface area contributed by atoms with Crippen LogP contribution in [0.4, 0.5) is 0 Å². The predicted molar refractivity (Wildman–Crippen MR) is 82.2 cm³/mol. The van der Waals surface area contributed by atoms with Gasteiger partial charge in [0, 0.05) is 19.2 Å². The van der Waals surface area contributed by atoms with Crippen LogP contribution in [0.3, 0.4) is 0 Å². The molecule has 2 aromatic heterocycles. The van der Waals surface area contributed by atoms with Crippen molar-refractivity contribution in [2.75, 3.05) is 5.75 Å². The molecule has 3 rings (SSSR count). The van der Waals surface area contributed by atoms with Crippen LogP contribution in [0.2, 0.25) is 0 Å². The lowest BCUT2D eigenvalue weighted by molar-refractivity contribution is 0.271. The van der Waals surface area contributed by atoms with Crippen molar-refractivity contribution in [1.82, 2.24) is 14.5 Å². The number of hydrogen-bond donors (Lipinski definition) is 1. The van der Waals surface area contributed by atoms with Gasteiger partial charge in [-0.2, -0.15) is 0 Å². The van der Waals surface area contributed by atoms with Gasteiger partial charge in [0.25, 0.3) is 0 Å². The predicted octanol–water partition coefficient (Wildman–Crippen LogP) is 2.78. The zero-order valence-corrected chi connectivity index (χ0v) is 12.6. The molecular weight excluding hydrogens is 286 g/mol. The van der Waals surface area contributed by atoms with E-state index in [0.717, 1.165) is 46.4 Å². The molecule has 1 aromatic carbocycles. The number of fused-ring (bicyclic) bond motifs is 1. The Kier molecular flexibility index (Phi) is 4.26. The molecule has 3 aromatic rings. The summed E-state index contributed by atoms with van der Waals surface area (Å²) in [7, 11) is 1.92. The van der Waals surface area contributed by atoms with Crippen LogP contribution in [0.5, 0.6) is 0 Å². The Morgan fingerprint density at radius 1 is 1.33 bits per heavy atom. The van der Waals surface area contributed by atoms with Crippen LogP contribution in [-0.2, 0) is 20.1 Å². The molecule has 0 saturated carbocycles. The first-order valence-corrected chi connectivity index (χ1v) is 7.85. The number of imidazole rings is 1. The van der Waals surface area contributed by atoms with Gasteiger partial charge in [0.15, 0.2) is 16.6 Å². The summed E-state index contributed by atoms with van der Waals surface area (Å²) in [6.07, 6.45) is 3.50. The molecule has 5 nitrogen and oxygen atoms in total. The third kappa shape index (κ3) is 3.11. The Balaban J connectivity index is 1.52. The highest BCUT2D eigenvalue weighted by molar-refractivity contribution is 7.99. The van der Waals surface area contributed by atoms with Crippen molar-refractivity contribution < 1.29 is 9.52 Å². The summed E-state index contributed by atoms with van der Waals surface area (Å²) in [6.45, 7) is 0.0208. The maximum Gasteiger partial charge on any atom is 0.195 e. The van der Waals surface area contributed by atoms with E-state index in [9.17, 15) is 0 Å². The molecule has 21 heavy (non-hydrogen) atoms. The molecule has 0 fully saturated rings. The van der Waals surface area contributed by atoms with Crippen LogP contribution in [0, 0.1) is 0 Å². The van der Waals surface area contributed by atoms with Gasteiger partial charge in [0.2, 0.25) is 0 Å². The van der Waals surface area contributed by atoms with Crippen molar-refractivity contribution in [2.45, 2.75) is 24.6 Å². The van der Waals surface area contributed by atoms with Gasteiger partial charge in [-0.15, -0.1) is 0 Å². The van der Waals surface area contributed by atoms with E-state index in [2.05, 4.69) is 9.97 Å². The molecule has 0 saturated heterocycles. The van der Waals surface area contributed by atoms with Crippen molar-refractivity contribution in [3.05, 3.63) is 42.0 Å². The average molecular weight is 303 g/mol. The lowest BCUT2D eigenvalue weighted by atomic mass is 10.3. The summed E-state index contributed by atoms with van der Waals surface area (Å²) in [5, 5.41) is 10.1. The number of hydrogen-bond acceptors (Lipinski definition) is 5. The third-order valence-corrected chi connectivity index (χ3v) is 4.44. The number of aromatic nitrogens is 3. The number of oxazole rings is 1. The minimum Gasteiger partial charge on any atom is -0.441 e. The van der Waals surface area contributed by atoms with Crippen LogP contribution in [-0.4, -0.2) is 25.4 Å². The zero-order chi connectivity index (χ0) is 14.7. The lowest BCUT2D eigenvalue weighted by Crippen LogP contribution is -1.98. The van der Waals surface area contributed by atoms with Gasteiger partial charge in [0.05, 0.1) is 18.5 Å². The molecule has 6 heteroatoms. The first kappa shape index (κ1) is 14.2. The van der Waals surface area contributed by atoms with Crippen LogP contribution in [0.15, 0.2) is 40.0 Å². The second-order valence-corrected chi connectivity index (χ2v) is 5.84. The van der Waals surface area contributed by atoms with E-state index >= 15 is 0 Å². The van der Waals surface area contributed by atoms with Crippen molar-refractivity contribution in [1.29, 1.82) is 0 Å². The largest absolute Gasteiger partial charge is 0.441 e. The van der Waals surface area contributed by atoms with E-state index in [1.54, 1.807) is 18.0 Å². The summed E-state index contributed by atoms with van der Waals surface area (Å²) in [6, 6.07) is 7.81. The summed E-state index contributed by atoms with van der Waals surface area (Å²) in [4.78, 5) is 8.76. The Labute approximate surface area is 127 Å². The standard InChI is InChI=1S/C15H17N3O2S/c1-18-11(10-19)9-16-15(18)21-8-4-7-14-17-12-5-2-3-6-13(12)20-14/h2-3,5-6,9,19H,4,7-8,10H2,1H3. The second-order valence-electron chi connectivity index (χ2n) is 4.78. The van der Waals surface area contributed by atoms with Crippen molar-refractivity contribution in [3.63, 3.8) is 0 Å². The smallest absolute Gasteiger partial charge is 0.195 e. The molecule has 0 atom stereocenters. The van der Waals surface area contributed by atoms with Crippen molar-refractivity contribution in [2.24, 2.45) is 7.05 Å². The first-order valence-electron chi connectivity index (χ1n) is 6.86. The zero-order valence-electron chi connectivity index (χ0n) is 11.8. The number of aliphatic hydroxyl groups is 1. The monoisotopic (exact) mass is 303 g/mol. The van der Waals surface area contributed by atoms with E-state index in [1.165, 1.54) is 0 Å². The molecule has 0 aliphatic rings. The molecule has 0 unspecified atom stereocenters. The summed E-state index contributed by atoms with van der Waals surface area (Å²) < 4.78 is 7.61. The van der Waals surface area contributed by atoms with Gasteiger partial charge in [-0.05, 0) is 18.6 Å². The highest BCUT2D eigenvalue weighted by Crippen LogP contribution is 2.20. The van der Waals surface area contributed by atoms with Gasteiger partial charge < -0.3 is 14.1 Å². The SMILES string of the molecule is Cn1c(CO)cnc1SCCCc1nc2ccccc2o1. The molecular formula is C15H17N3O2S. The number of benzene rings is 1. The number of thioether (sulfide) groups is 1. The Morgan fingerprint density at radius 2 is 2.19 bits per heavy atom. The molecule has 0 radical (unpaired) electrons. The van der Waals surface area contributed by atoms with Gasteiger partial charge in [-0.1, -0.05) is 23.9 Å². The fraction of sp³-hybridized carbons (Fsp3) is 0.333. The molecule has 0 aliphatic carbocycles. The van der Waals surface area contributed by atoms with E-state index in [0.29, 0.717) is 0 Å². The number of rotatable bonds is 6. The fourth-order valence-corrected chi connectivity index (χ4v) is 3.03. The van der Waals surface area contributed by atoms with Crippen LogP contribution < -0.4 is 0 Å². The Morgan fingerprint density at radius 3 is 2.95 bits per heavy atom. The number of aliphatic hydroxyl groups excluding tert-OH is 1. The van der Waals surface area contributed by atoms with Crippen LogP contribution in [0.25, 0.3) is 11.1 Å². The van der Waals surface area contributed by atoms with Crippen molar-refractivity contribution >= 4 is 22.9 Å². The number of para-hydroxylation sites is 2. The minimum atomic E-state index is 0.0208. The molecule has 0 bridgehead atoms. The molecule has 0 spiro atoms. The number of nitrogens with zero attached hydrogens (tertiary/aromatic N) is 3. The maximum absolute atomic E-state index is 9.13. The van der Waals surface area contributed by atoms with Crippen LogP contribution >= 0.6 is 11.8 Å². The van der Waals surface area contributed by atoms with Gasteiger partial charge >= 0.3 is 0 Å². The highest BCUT2D eigenvalue weighted by Gasteiger charge is 2.07. The second kappa shape index (κ2) is 6.32. The molecule has 1 N–H and O–H groups in total. The number of aryl methyl sites for hydroxylation is 1. The van der Waals surface area contributed by atoms with Gasteiger partial charge in [-0.25, -0.2) is 9.97 Å². The van der Waals surface area contributed by atoms with Gasteiger partial charge in [0.1, 0.15) is 5.52 Å². The lowest BCUT2D eigenvalue weighted by Gasteiger charge is -2.03. The van der Waals surface area contributed by atoms with Crippen molar-refractivity contribution in [3.8, 4) is 0 Å². The summed E-state index contributed by atoms with van der Waals surface area (Å²) >= 11 is 1.68. The third-order valence-electron chi connectivity index (χ3n) is 3.31. The van der Waals surface area contributed by atoms with Gasteiger partial charge in [-0.3, -0.25) is 0 Å². The average Bonchev–Trinajstić information content (AvgIpc) is 3.07. The fourth-order valence-electron chi connectivity index (χ4n) is 2.12. The molecule has 110 valence electrons. The normalized spacial score (nSPS) is 11.3. The Hall–Kier alpha value is -1.79. The van der Waals surface area contributed by atoms with E-state index in [1.807, 2.05) is 35.9 Å². The Bertz CT molecular complexity index is 702. The molecule has 2 heterocycles. The van der Waals surface area contributed by atoms with Crippen LogP contribution in [0.1, 0.15) is 18.0 Å². The topological polar surface area (TPSA) is 64.1 Å². The highest BCUT2D eigenvalue weighted by atomic mass is 32.2. The molecule has 0 aliphatic heterocycles. The van der Waals surface area contributed by atoms with E-state index < -0.39 is 0 Å². The summed E-state index contributed by atoms with van der Waals surface area (Å²) in [5.74, 6) is 1.72. The van der Waals surface area contributed by atoms with E-state index in [-0.39, 0.29) is 6.61 Å². The first-order chi connectivity index (χ1) is 10.3. The minimum absolute atomic E-state index is 0.0208. The molecule has 0 amide bonds. The quantitative estimate of drug-likeness (QED) is 0.560. The summed E-state index contributed by atoms with van der Waals surface area (Å²) in [5.41, 5.74) is 2.59. The maximum atomic E-state index is 9.13.